The topological polar surface area (TPSA) is 99.1 Å². The van der Waals surface area contributed by atoms with Crippen LogP contribution in [0.5, 0.6) is 5.75 Å². The highest BCUT2D eigenvalue weighted by atomic mass is 16.5. The molecule has 1 fully saturated rings. The molecule has 1 aromatic rings. The summed E-state index contributed by atoms with van der Waals surface area (Å²) < 4.78 is 15.5. The molecule has 1 aromatic carbocycles. The van der Waals surface area contributed by atoms with Gasteiger partial charge in [-0.2, -0.15) is 0 Å². The lowest BCUT2D eigenvalue weighted by Gasteiger charge is -2.43. The average molecular weight is 378 g/mol. The van der Waals surface area contributed by atoms with Gasteiger partial charge in [-0.3, -0.25) is 14.4 Å². The fourth-order valence-corrected chi connectivity index (χ4v) is 3.73. The third kappa shape index (κ3) is 4.30. The number of esters is 2. The maximum atomic E-state index is 12.7. The van der Waals surface area contributed by atoms with Crippen molar-refractivity contribution in [3.05, 3.63) is 29.8 Å². The Morgan fingerprint density at radius 3 is 2.41 bits per heavy atom. The minimum absolute atomic E-state index is 0.105. The van der Waals surface area contributed by atoms with Gasteiger partial charge < -0.3 is 19.3 Å². The van der Waals surface area contributed by atoms with Gasteiger partial charge in [-0.1, -0.05) is 12.1 Å². The number of benzene rings is 1. The van der Waals surface area contributed by atoms with Crippen molar-refractivity contribution in [2.24, 2.45) is 11.8 Å². The van der Waals surface area contributed by atoms with Crippen LogP contribution in [0.3, 0.4) is 0 Å². The quantitative estimate of drug-likeness (QED) is 0.596. The van der Waals surface area contributed by atoms with Crippen molar-refractivity contribution in [3.8, 4) is 5.75 Å². The van der Waals surface area contributed by atoms with Gasteiger partial charge in [0.15, 0.2) is 5.78 Å². The van der Waals surface area contributed by atoms with Crippen LogP contribution in [-0.2, 0) is 23.9 Å². The van der Waals surface area contributed by atoms with Crippen LogP contribution in [0.15, 0.2) is 24.3 Å². The van der Waals surface area contributed by atoms with Crippen molar-refractivity contribution in [3.63, 3.8) is 0 Å². The minimum atomic E-state index is -1.65. The number of methoxy groups -OCH3 is 1. The second kappa shape index (κ2) is 8.52. The molecule has 0 saturated heterocycles. The first-order valence-electron chi connectivity index (χ1n) is 8.99. The van der Waals surface area contributed by atoms with E-state index < -0.39 is 41.1 Å². The standard InChI is InChI=1S/C20H26O7/c1-5-26-18(22)16-14(21)11-20(3,24)17(19(23)27-6-2)15(16)12-8-7-9-13(10-12)25-4/h7-10,15-17,24H,5-6,11H2,1-4H3/t15-,16-,17-,20-/m1/s1. The molecule has 1 N–H and O–H groups in total. The second-order valence-electron chi connectivity index (χ2n) is 6.76. The maximum absolute atomic E-state index is 12.7. The number of hydrogen-bond acceptors (Lipinski definition) is 7. The summed E-state index contributed by atoms with van der Waals surface area (Å²) in [6.45, 7) is 4.94. The first-order valence-corrected chi connectivity index (χ1v) is 8.99. The van der Waals surface area contributed by atoms with Gasteiger partial charge in [0.05, 0.1) is 31.8 Å². The van der Waals surface area contributed by atoms with E-state index in [-0.39, 0.29) is 19.6 Å². The number of hydrogen-bond donors (Lipinski definition) is 1. The Kier molecular flexibility index (Phi) is 6.59. The van der Waals surface area contributed by atoms with Crippen LogP contribution < -0.4 is 4.74 Å². The fourth-order valence-electron chi connectivity index (χ4n) is 3.73. The van der Waals surface area contributed by atoms with E-state index >= 15 is 0 Å². The first kappa shape index (κ1) is 20.9. The van der Waals surface area contributed by atoms with Crippen molar-refractivity contribution in [1.29, 1.82) is 0 Å². The summed E-state index contributed by atoms with van der Waals surface area (Å²) in [6.07, 6.45) is -0.333. The van der Waals surface area contributed by atoms with Crippen LogP contribution in [0.25, 0.3) is 0 Å². The summed E-state index contributed by atoms with van der Waals surface area (Å²) in [7, 11) is 1.49. The zero-order valence-electron chi connectivity index (χ0n) is 16.1. The highest BCUT2D eigenvalue weighted by molar-refractivity contribution is 6.02. The first-order chi connectivity index (χ1) is 12.8. The Morgan fingerprint density at radius 1 is 1.19 bits per heavy atom. The molecule has 7 heteroatoms. The number of carbonyl (C=O) groups is 3. The van der Waals surface area contributed by atoms with E-state index in [1.807, 2.05) is 0 Å². The monoisotopic (exact) mass is 378 g/mol. The SMILES string of the molecule is CCOC(=O)[C@@H]1C(=O)C[C@@](C)(O)[C@@H](C(=O)OCC)[C@@H]1c1cccc(OC)c1. The molecule has 0 unspecified atom stereocenters. The zero-order valence-corrected chi connectivity index (χ0v) is 16.1. The van der Waals surface area contributed by atoms with E-state index in [9.17, 15) is 19.5 Å². The van der Waals surface area contributed by atoms with Crippen molar-refractivity contribution >= 4 is 17.7 Å². The summed E-state index contributed by atoms with van der Waals surface area (Å²) in [6, 6.07) is 6.76. The molecule has 0 heterocycles. The van der Waals surface area contributed by atoms with Crippen LogP contribution in [0.4, 0.5) is 0 Å². The van der Waals surface area contributed by atoms with Gasteiger partial charge in [0.25, 0.3) is 0 Å². The molecule has 0 aliphatic heterocycles. The van der Waals surface area contributed by atoms with Crippen LogP contribution >= 0.6 is 0 Å². The molecule has 0 aromatic heterocycles. The summed E-state index contributed by atoms with van der Waals surface area (Å²) in [5, 5.41) is 10.9. The van der Waals surface area contributed by atoms with E-state index in [1.54, 1.807) is 38.1 Å². The van der Waals surface area contributed by atoms with Crippen LogP contribution in [-0.4, -0.2) is 48.8 Å². The summed E-state index contributed by atoms with van der Waals surface area (Å²) >= 11 is 0. The molecule has 1 saturated carbocycles. The molecule has 0 radical (unpaired) electrons. The maximum Gasteiger partial charge on any atom is 0.317 e. The van der Waals surface area contributed by atoms with Crippen molar-refractivity contribution in [1.82, 2.24) is 0 Å². The van der Waals surface area contributed by atoms with Gasteiger partial charge in [-0.15, -0.1) is 0 Å². The highest BCUT2D eigenvalue weighted by Gasteiger charge is 2.57. The van der Waals surface area contributed by atoms with Crippen molar-refractivity contribution in [2.75, 3.05) is 20.3 Å². The molecule has 0 bridgehead atoms. The Labute approximate surface area is 158 Å². The number of Topliss-reactive ketones (excluding diaryl/α,β-unsaturated/α-hetero) is 1. The van der Waals surface area contributed by atoms with Gasteiger partial charge in [0.2, 0.25) is 0 Å². The lowest BCUT2D eigenvalue weighted by Crippen LogP contribution is -2.55. The van der Waals surface area contributed by atoms with E-state index in [2.05, 4.69) is 0 Å². The van der Waals surface area contributed by atoms with Gasteiger partial charge in [-0.25, -0.2) is 0 Å². The van der Waals surface area contributed by atoms with E-state index in [1.165, 1.54) is 14.0 Å². The molecule has 0 spiro atoms. The minimum Gasteiger partial charge on any atom is -0.497 e. The predicted octanol–water partition coefficient (Wildman–Crippen LogP) is 1.86. The molecular formula is C20H26O7. The van der Waals surface area contributed by atoms with E-state index in [0.29, 0.717) is 11.3 Å². The Bertz CT molecular complexity index is 710. The van der Waals surface area contributed by atoms with Gasteiger partial charge in [0.1, 0.15) is 11.7 Å². The van der Waals surface area contributed by atoms with Crippen molar-refractivity contribution < 1.29 is 33.7 Å². The van der Waals surface area contributed by atoms with Gasteiger partial charge in [0, 0.05) is 12.3 Å². The average Bonchev–Trinajstić information content (AvgIpc) is 2.60. The van der Waals surface area contributed by atoms with Gasteiger partial charge in [-0.05, 0) is 38.5 Å². The summed E-state index contributed by atoms with van der Waals surface area (Å²) in [5.41, 5.74) is -1.13. The van der Waals surface area contributed by atoms with E-state index in [4.69, 9.17) is 14.2 Å². The molecule has 4 atom stereocenters. The third-order valence-electron chi connectivity index (χ3n) is 4.83. The number of rotatable bonds is 6. The molecular weight excluding hydrogens is 352 g/mol. The lowest BCUT2D eigenvalue weighted by atomic mass is 9.61. The normalized spacial score (nSPS) is 27.7. The number of ketones is 1. The van der Waals surface area contributed by atoms with Crippen LogP contribution in [0.1, 0.15) is 38.7 Å². The molecule has 0 amide bonds. The summed E-state index contributed by atoms with van der Waals surface area (Å²) in [5.74, 6) is -4.54. The Balaban J connectivity index is 2.63. The number of ether oxygens (including phenoxy) is 3. The molecule has 1 aliphatic carbocycles. The Morgan fingerprint density at radius 2 is 1.81 bits per heavy atom. The molecule has 7 nitrogen and oxygen atoms in total. The molecule has 27 heavy (non-hydrogen) atoms. The lowest BCUT2D eigenvalue weighted by molar-refractivity contribution is -0.172. The van der Waals surface area contributed by atoms with Crippen LogP contribution in [0.2, 0.25) is 0 Å². The zero-order chi connectivity index (χ0) is 20.2. The third-order valence-corrected chi connectivity index (χ3v) is 4.83. The molecule has 1 aliphatic rings. The number of aliphatic hydroxyl groups is 1. The smallest absolute Gasteiger partial charge is 0.317 e. The summed E-state index contributed by atoms with van der Waals surface area (Å²) in [4.78, 5) is 38.0. The van der Waals surface area contributed by atoms with Crippen LogP contribution in [0, 0.1) is 11.8 Å². The second-order valence-corrected chi connectivity index (χ2v) is 6.76. The molecule has 148 valence electrons. The highest BCUT2D eigenvalue weighted by Crippen LogP contribution is 2.47. The Hall–Kier alpha value is -2.41. The fraction of sp³-hybridized carbons (Fsp3) is 0.550. The largest absolute Gasteiger partial charge is 0.497 e. The van der Waals surface area contributed by atoms with Crippen molar-refractivity contribution in [2.45, 2.75) is 38.7 Å². The van der Waals surface area contributed by atoms with Gasteiger partial charge >= 0.3 is 11.9 Å². The molecule has 2 rings (SSSR count). The predicted molar refractivity (Wildman–Crippen MR) is 96.2 cm³/mol. The number of carbonyl (C=O) groups excluding carboxylic acids is 3. The van der Waals surface area contributed by atoms with E-state index in [0.717, 1.165) is 0 Å².